The van der Waals surface area contributed by atoms with Crippen molar-refractivity contribution in [3.05, 3.63) is 48.2 Å². The van der Waals surface area contributed by atoms with E-state index in [4.69, 9.17) is 4.74 Å². The van der Waals surface area contributed by atoms with Crippen LogP contribution in [0.3, 0.4) is 0 Å². The molecule has 1 aromatic carbocycles. The molecule has 2 aliphatic rings. The number of imidazole rings is 1. The molecule has 0 bridgehead atoms. The van der Waals surface area contributed by atoms with Crippen molar-refractivity contribution in [2.45, 2.75) is 32.5 Å². The number of nitrogens with one attached hydrogen (secondary N) is 2. The Bertz CT molecular complexity index is 1200. The fourth-order valence-electron chi connectivity index (χ4n) is 4.75. The molecule has 174 valence electrons. The van der Waals surface area contributed by atoms with Crippen LogP contribution in [-0.2, 0) is 22.4 Å². The average molecular weight is 452 g/mol. The summed E-state index contributed by atoms with van der Waals surface area (Å²) in [6.45, 7) is 5.75. The van der Waals surface area contributed by atoms with E-state index in [1.807, 2.05) is 42.9 Å². The Hall–Kier alpha value is -2.84. The molecule has 33 heavy (non-hydrogen) atoms. The van der Waals surface area contributed by atoms with Crippen molar-refractivity contribution in [2.24, 2.45) is 18.4 Å². The van der Waals surface area contributed by atoms with Gasteiger partial charge in [0, 0.05) is 30.1 Å². The van der Waals surface area contributed by atoms with Crippen LogP contribution in [0.4, 0.5) is 4.39 Å². The highest BCUT2D eigenvalue weighted by Crippen LogP contribution is 2.46. The Kier molecular flexibility index (Phi) is 5.45. The van der Waals surface area contributed by atoms with Crippen LogP contribution < -0.4 is 10.6 Å². The lowest BCUT2D eigenvalue weighted by atomic mass is 9.75. The summed E-state index contributed by atoms with van der Waals surface area (Å²) in [4.78, 5) is 21.9. The fraction of sp³-hybridized carbons (Fsp3) is 0.480. The zero-order valence-corrected chi connectivity index (χ0v) is 19.3. The van der Waals surface area contributed by atoms with Crippen LogP contribution in [0.2, 0.25) is 0 Å². The minimum absolute atomic E-state index is 0.203. The molecule has 1 atom stereocenters. The average Bonchev–Trinajstić information content (AvgIpc) is 3.15. The van der Waals surface area contributed by atoms with Gasteiger partial charge in [-0.05, 0) is 57.3 Å². The number of amides is 1. The van der Waals surface area contributed by atoms with Gasteiger partial charge in [0.15, 0.2) is 0 Å². The van der Waals surface area contributed by atoms with Gasteiger partial charge in [0.1, 0.15) is 5.82 Å². The molecule has 2 aromatic heterocycles. The maximum atomic E-state index is 16.9. The Morgan fingerprint density at radius 2 is 1.97 bits per heavy atom. The van der Waals surface area contributed by atoms with E-state index in [1.54, 1.807) is 19.2 Å². The third kappa shape index (κ3) is 3.71. The first-order valence-electron chi connectivity index (χ1n) is 11.5. The minimum atomic E-state index is -2.12. The van der Waals surface area contributed by atoms with E-state index in [0.717, 1.165) is 40.9 Å². The van der Waals surface area contributed by atoms with Gasteiger partial charge in [-0.1, -0.05) is 12.1 Å². The lowest BCUT2D eigenvalue weighted by Gasteiger charge is -2.48. The number of carbonyl (C=O) groups is 1. The van der Waals surface area contributed by atoms with Gasteiger partial charge in [0.05, 0.1) is 36.2 Å². The van der Waals surface area contributed by atoms with Crippen molar-refractivity contribution < 1.29 is 13.9 Å². The molecule has 3 aromatic rings. The zero-order chi connectivity index (χ0) is 23.2. The second-order valence-electron chi connectivity index (χ2n) is 9.61. The highest BCUT2D eigenvalue weighted by molar-refractivity contribution is 5.87. The predicted molar refractivity (Wildman–Crippen MR) is 124 cm³/mol. The molecule has 0 aliphatic carbocycles. The summed E-state index contributed by atoms with van der Waals surface area (Å²) in [5, 5.41) is 7.77. The summed E-state index contributed by atoms with van der Waals surface area (Å²) in [5.41, 5.74) is 1.30. The number of hydrogen-bond donors (Lipinski definition) is 2. The molecule has 2 saturated heterocycles. The van der Waals surface area contributed by atoms with Crippen LogP contribution >= 0.6 is 0 Å². The Morgan fingerprint density at radius 3 is 2.61 bits per heavy atom. The van der Waals surface area contributed by atoms with Crippen LogP contribution in [0, 0.1) is 18.3 Å². The second kappa shape index (κ2) is 8.18. The first-order valence-corrected chi connectivity index (χ1v) is 11.5. The summed E-state index contributed by atoms with van der Waals surface area (Å²) in [7, 11) is 1.97. The molecule has 0 radical (unpaired) electrons. The molecule has 0 saturated carbocycles. The van der Waals surface area contributed by atoms with E-state index in [0.29, 0.717) is 12.8 Å². The molecule has 2 fully saturated rings. The van der Waals surface area contributed by atoms with Gasteiger partial charge in [0.25, 0.3) is 0 Å². The summed E-state index contributed by atoms with van der Waals surface area (Å²) >= 11 is 0. The molecule has 1 amide bonds. The monoisotopic (exact) mass is 451 g/mol. The molecule has 1 unspecified atom stereocenters. The topological polar surface area (TPSA) is 81.1 Å². The largest absolute Gasteiger partial charge is 0.380 e. The maximum Gasteiger partial charge on any atom is 0.235 e. The normalized spacial score (nSPS) is 20.2. The van der Waals surface area contributed by atoms with Gasteiger partial charge in [0.2, 0.25) is 11.7 Å². The first-order chi connectivity index (χ1) is 15.8. The lowest BCUT2D eigenvalue weighted by Crippen LogP contribution is -2.63. The number of pyridine rings is 1. The van der Waals surface area contributed by atoms with Crippen LogP contribution in [0.25, 0.3) is 22.0 Å². The Balaban J connectivity index is 1.54. The van der Waals surface area contributed by atoms with Crippen molar-refractivity contribution in [1.29, 1.82) is 0 Å². The third-order valence-corrected chi connectivity index (χ3v) is 7.27. The number of rotatable bonds is 5. The highest BCUT2D eigenvalue weighted by Gasteiger charge is 2.57. The summed E-state index contributed by atoms with van der Waals surface area (Å²) in [5.74, 6) is -1.67. The van der Waals surface area contributed by atoms with Crippen molar-refractivity contribution in [3.8, 4) is 11.3 Å². The number of benzene rings is 1. The molecule has 7 nitrogen and oxygen atoms in total. The number of nitrogens with zero attached hydrogens (tertiary/aromatic N) is 3. The van der Waals surface area contributed by atoms with E-state index < -0.39 is 11.2 Å². The predicted octanol–water partition coefficient (Wildman–Crippen LogP) is 3.22. The SMILES string of the molecule is Cc1ncc(-c2ccc3cnc(C(F)(NC(=O)C4CCNCC4)C4(C)COC4)cc3c2)n1C. The Morgan fingerprint density at radius 1 is 1.21 bits per heavy atom. The van der Waals surface area contributed by atoms with Crippen LogP contribution in [0.5, 0.6) is 0 Å². The summed E-state index contributed by atoms with van der Waals surface area (Å²) in [6.07, 6.45) is 4.92. The maximum absolute atomic E-state index is 16.9. The molecule has 5 rings (SSSR count). The standard InChI is InChI=1S/C25H30FN5O2/c1-16-28-13-21(31(16)3)18-4-5-19-12-29-22(11-20(19)10-18)25(26,24(2)14-33-15-24)30-23(32)17-6-8-27-9-7-17/h4-5,10-13,17,27H,6-9,14-15H2,1-3H3,(H,30,32). The van der Waals surface area contributed by atoms with Gasteiger partial charge in [-0.3, -0.25) is 9.78 Å². The van der Waals surface area contributed by atoms with Crippen molar-refractivity contribution in [3.63, 3.8) is 0 Å². The lowest BCUT2D eigenvalue weighted by molar-refractivity contribution is -0.202. The first kappa shape index (κ1) is 22.0. The smallest absolute Gasteiger partial charge is 0.235 e. The molecule has 0 spiro atoms. The number of halogens is 1. The summed E-state index contributed by atoms with van der Waals surface area (Å²) in [6, 6.07) is 7.77. The van der Waals surface area contributed by atoms with Gasteiger partial charge >= 0.3 is 0 Å². The van der Waals surface area contributed by atoms with Gasteiger partial charge < -0.3 is 19.9 Å². The quantitative estimate of drug-likeness (QED) is 0.582. The zero-order valence-electron chi connectivity index (χ0n) is 19.3. The number of piperidine rings is 1. The third-order valence-electron chi connectivity index (χ3n) is 7.27. The molecular formula is C25H30FN5O2. The highest BCUT2D eigenvalue weighted by atomic mass is 19.1. The van der Waals surface area contributed by atoms with E-state index in [9.17, 15) is 4.79 Å². The van der Waals surface area contributed by atoms with Gasteiger partial charge in [-0.15, -0.1) is 0 Å². The number of hydrogen-bond acceptors (Lipinski definition) is 5. The van der Waals surface area contributed by atoms with Gasteiger partial charge in [-0.25, -0.2) is 9.37 Å². The number of carbonyl (C=O) groups excluding carboxylic acids is 1. The number of aromatic nitrogens is 3. The number of ether oxygens (including phenoxy) is 1. The van der Waals surface area contributed by atoms with E-state index in [2.05, 4.69) is 20.6 Å². The molecule has 8 heteroatoms. The number of alkyl halides is 1. The summed E-state index contributed by atoms with van der Waals surface area (Å²) < 4.78 is 24.3. The van der Waals surface area contributed by atoms with E-state index >= 15 is 4.39 Å². The molecule has 2 aliphatic heterocycles. The second-order valence-corrected chi connectivity index (χ2v) is 9.61. The van der Waals surface area contributed by atoms with Crippen LogP contribution in [-0.4, -0.2) is 46.7 Å². The van der Waals surface area contributed by atoms with Gasteiger partial charge in [-0.2, -0.15) is 0 Å². The van der Waals surface area contributed by atoms with E-state index in [-0.39, 0.29) is 30.7 Å². The molecular weight excluding hydrogens is 421 g/mol. The number of aryl methyl sites for hydroxylation is 1. The van der Waals surface area contributed by atoms with Crippen molar-refractivity contribution >= 4 is 16.7 Å². The Labute approximate surface area is 192 Å². The number of fused-ring (bicyclic) bond motifs is 1. The van der Waals surface area contributed by atoms with Crippen LogP contribution in [0.15, 0.2) is 36.7 Å². The fourth-order valence-corrected chi connectivity index (χ4v) is 4.75. The minimum Gasteiger partial charge on any atom is -0.380 e. The van der Waals surface area contributed by atoms with Crippen molar-refractivity contribution in [2.75, 3.05) is 26.3 Å². The van der Waals surface area contributed by atoms with Crippen molar-refractivity contribution in [1.82, 2.24) is 25.2 Å². The van der Waals surface area contributed by atoms with Crippen LogP contribution in [0.1, 0.15) is 31.3 Å². The van der Waals surface area contributed by atoms with E-state index in [1.165, 1.54) is 0 Å². The molecule has 4 heterocycles. The molecule has 2 N–H and O–H groups in total.